The lowest BCUT2D eigenvalue weighted by Crippen LogP contribution is -2.16. The molecule has 4 aromatic rings. The Balaban J connectivity index is 1.53. The van der Waals surface area contributed by atoms with Crippen molar-refractivity contribution in [3.63, 3.8) is 0 Å². The van der Waals surface area contributed by atoms with E-state index < -0.39 is 11.8 Å². The van der Waals surface area contributed by atoms with Crippen LogP contribution in [0.3, 0.4) is 0 Å². The summed E-state index contributed by atoms with van der Waals surface area (Å²) >= 11 is 0. The number of aromatic hydroxyl groups is 1. The number of benzene rings is 1. The molecule has 0 bridgehead atoms. The molecule has 0 spiro atoms. The van der Waals surface area contributed by atoms with Gasteiger partial charge in [0.05, 0.1) is 11.8 Å². The summed E-state index contributed by atoms with van der Waals surface area (Å²) in [6.07, 6.45) is 4.70. The number of aromatic nitrogens is 3. The van der Waals surface area contributed by atoms with E-state index >= 15 is 0 Å². The molecule has 1 amide bonds. The van der Waals surface area contributed by atoms with Crippen LogP contribution in [0.15, 0.2) is 61.1 Å². The number of nitrogens with one attached hydrogen (secondary N) is 3. The van der Waals surface area contributed by atoms with Crippen molar-refractivity contribution in [1.29, 1.82) is 0 Å². The first kappa shape index (κ1) is 20.3. The Morgan fingerprint density at radius 1 is 1.16 bits per heavy atom. The van der Waals surface area contributed by atoms with Gasteiger partial charge in [0.25, 0.3) is 11.8 Å². The van der Waals surface area contributed by atoms with Crippen LogP contribution in [0.25, 0.3) is 11.0 Å². The molecule has 0 saturated carbocycles. The molecule has 0 unspecified atom stereocenters. The number of carbonyl (C=O) groups excluding carboxylic acids is 1. The molecule has 0 fully saturated rings. The maximum atomic E-state index is 13.4. The number of hydrogen-bond acceptors (Lipinski definition) is 5. The summed E-state index contributed by atoms with van der Waals surface area (Å²) in [5.74, 6) is -3.41. The third-order valence-corrected chi connectivity index (χ3v) is 4.76. The molecular weight excluding hydrogens is 404 g/mol. The van der Waals surface area contributed by atoms with E-state index in [1.54, 1.807) is 12.4 Å². The minimum absolute atomic E-state index is 0.115. The summed E-state index contributed by atoms with van der Waals surface area (Å²) < 4.78 is 26.8. The van der Waals surface area contributed by atoms with Crippen LogP contribution in [0.4, 0.5) is 20.3 Å². The predicted molar refractivity (Wildman–Crippen MR) is 113 cm³/mol. The number of nitrogens with zero attached hydrogens (tertiary/aromatic N) is 2. The molecule has 4 rings (SSSR count). The van der Waals surface area contributed by atoms with Crippen LogP contribution in [0, 0.1) is 0 Å². The van der Waals surface area contributed by atoms with Gasteiger partial charge in [0.2, 0.25) is 0 Å². The Bertz CT molecular complexity index is 1230. The molecule has 31 heavy (non-hydrogen) atoms. The van der Waals surface area contributed by atoms with Crippen molar-refractivity contribution in [3.05, 3.63) is 77.7 Å². The second-order valence-corrected chi connectivity index (χ2v) is 7.07. The molecule has 0 saturated heterocycles. The summed E-state index contributed by atoms with van der Waals surface area (Å²) in [6.45, 7) is 1.18. The van der Waals surface area contributed by atoms with Gasteiger partial charge in [-0.05, 0) is 35.9 Å². The molecule has 0 radical (unpaired) electrons. The number of H-pyrrole nitrogens is 1. The summed E-state index contributed by atoms with van der Waals surface area (Å²) in [4.78, 5) is 24.2. The topological polar surface area (TPSA) is 103 Å². The highest BCUT2D eigenvalue weighted by Crippen LogP contribution is 2.28. The van der Waals surface area contributed by atoms with Crippen molar-refractivity contribution in [2.45, 2.75) is 19.4 Å². The van der Waals surface area contributed by atoms with Gasteiger partial charge in [-0.25, -0.2) is 18.7 Å². The third kappa shape index (κ3) is 4.45. The smallest absolute Gasteiger partial charge is 0.270 e. The van der Waals surface area contributed by atoms with Gasteiger partial charge in [0.15, 0.2) is 0 Å². The van der Waals surface area contributed by atoms with Crippen LogP contribution in [-0.4, -0.2) is 26.0 Å². The highest BCUT2D eigenvalue weighted by molar-refractivity contribution is 6.07. The largest absolute Gasteiger partial charge is 0.506 e. The number of hydrogen-bond donors (Lipinski definition) is 4. The maximum Gasteiger partial charge on any atom is 0.270 e. The minimum atomic E-state index is -2.97. The average Bonchev–Trinajstić information content (AvgIpc) is 3.22. The van der Waals surface area contributed by atoms with E-state index in [0.717, 1.165) is 23.5 Å². The lowest BCUT2D eigenvalue weighted by Gasteiger charge is -2.14. The van der Waals surface area contributed by atoms with Gasteiger partial charge in [-0.15, -0.1) is 0 Å². The average molecular weight is 423 g/mol. The number of halogens is 2. The SMILES string of the molecule is CC(F)(F)c1ccc(NC(=O)c2cc(O)cnc2NCc2ccnc3[nH]ccc23)cc1. The fraction of sp³-hybridized carbons (Fsp3) is 0.136. The Labute approximate surface area is 176 Å². The number of carbonyl (C=O) groups is 1. The second-order valence-electron chi connectivity index (χ2n) is 7.07. The predicted octanol–water partition coefficient (Wildman–Crippen LogP) is 4.64. The van der Waals surface area contributed by atoms with Gasteiger partial charge in [-0.3, -0.25) is 4.79 Å². The number of fused-ring (bicyclic) bond motifs is 1. The quantitative estimate of drug-likeness (QED) is 0.362. The van der Waals surface area contributed by atoms with Gasteiger partial charge in [0, 0.05) is 42.5 Å². The summed E-state index contributed by atoms with van der Waals surface area (Å²) in [5.41, 5.74) is 2.00. The van der Waals surface area contributed by atoms with Crippen molar-refractivity contribution < 1.29 is 18.7 Å². The van der Waals surface area contributed by atoms with E-state index in [-0.39, 0.29) is 22.7 Å². The molecule has 158 valence electrons. The summed E-state index contributed by atoms with van der Waals surface area (Å²) in [7, 11) is 0. The molecule has 0 aliphatic carbocycles. The molecule has 0 atom stereocenters. The van der Waals surface area contributed by atoms with Crippen LogP contribution in [-0.2, 0) is 12.5 Å². The van der Waals surface area contributed by atoms with Gasteiger partial charge in [-0.1, -0.05) is 12.1 Å². The normalized spacial score (nSPS) is 11.5. The minimum Gasteiger partial charge on any atom is -0.506 e. The van der Waals surface area contributed by atoms with Crippen molar-refractivity contribution in [1.82, 2.24) is 15.0 Å². The number of aromatic amines is 1. The number of amides is 1. The van der Waals surface area contributed by atoms with Crippen molar-refractivity contribution >= 4 is 28.4 Å². The molecule has 7 nitrogen and oxygen atoms in total. The van der Waals surface area contributed by atoms with E-state index in [1.165, 1.54) is 36.5 Å². The lowest BCUT2D eigenvalue weighted by molar-refractivity contribution is 0.0175. The molecule has 0 aliphatic heterocycles. The summed E-state index contributed by atoms with van der Waals surface area (Å²) in [6, 6.07) is 10.3. The number of alkyl halides is 2. The Hall–Kier alpha value is -4.01. The molecule has 3 heterocycles. The van der Waals surface area contributed by atoms with Gasteiger partial charge in [0.1, 0.15) is 17.2 Å². The zero-order chi connectivity index (χ0) is 22.0. The van der Waals surface area contributed by atoms with E-state index in [1.807, 2.05) is 12.1 Å². The lowest BCUT2D eigenvalue weighted by atomic mass is 10.1. The van der Waals surface area contributed by atoms with Crippen LogP contribution < -0.4 is 10.6 Å². The van der Waals surface area contributed by atoms with Crippen molar-refractivity contribution in [2.24, 2.45) is 0 Å². The zero-order valence-electron chi connectivity index (χ0n) is 16.5. The van der Waals surface area contributed by atoms with Crippen molar-refractivity contribution in [3.8, 4) is 5.75 Å². The maximum absolute atomic E-state index is 13.4. The number of pyridine rings is 2. The second kappa shape index (κ2) is 8.02. The fourth-order valence-electron chi connectivity index (χ4n) is 3.16. The molecule has 1 aromatic carbocycles. The van der Waals surface area contributed by atoms with Crippen LogP contribution in [0.5, 0.6) is 5.75 Å². The Morgan fingerprint density at radius 2 is 1.94 bits per heavy atom. The van der Waals surface area contributed by atoms with Gasteiger partial charge < -0.3 is 20.7 Å². The molecular formula is C22H19F2N5O2. The highest BCUT2D eigenvalue weighted by atomic mass is 19.3. The van der Waals surface area contributed by atoms with Gasteiger partial charge in [-0.2, -0.15) is 0 Å². The first-order valence-corrected chi connectivity index (χ1v) is 9.45. The van der Waals surface area contributed by atoms with Crippen molar-refractivity contribution in [2.75, 3.05) is 10.6 Å². The number of anilines is 2. The molecule has 9 heteroatoms. The van der Waals surface area contributed by atoms with Crippen LogP contribution in [0.1, 0.15) is 28.4 Å². The van der Waals surface area contributed by atoms with E-state index in [9.17, 15) is 18.7 Å². The Morgan fingerprint density at radius 3 is 2.68 bits per heavy atom. The first-order chi connectivity index (χ1) is 14.8. The Kier molecular flexibility index (Phi) is 5.24. The summed E-state index contributed by atoms with van der Waals surface area (Å²) in [5, 5.41) is 16.5. The van der Waals surface area contributed by atoms with E-state index in [0.29, 0.717) is 12.2 Å². The van der Waals surface area contributed by atoms with Gasteiger partial charge >= 0.3 is 0 Å². The van der Waals surface area contributed by atoms with Crippen LogP contribution >= 0.6 is 0 Å². The first-order valence-electron chi connectivity index (χ1n) is 9.45. The monoisotopic (exact) mass is 423 g/mol. The molecule has 0 aliphatic rings. The highest BCUT2D eigenvalue weighted by Gasteiger charge is 2.24. The zero-order valence-corrected chi connectivity index (χ0v) is 16.5. The fourth-order valence-corrected chi connectivity index (χ4v) is 3.16. The third-order valence-electron chi connectivity index (χ3n) is 4.76. The molecule has 3 aromatic heterocycles. The van der Waals surface area contributed by atoms with E-state index in [2.05, 4.69) is 25.6 Å². The number of rotatable bonds is 6. The standard InChI is InChI=1S/C22H19F2N5O2/c1-22(23,24)14-2-4-15(5-3-14)29-21(31)18-10-16(30)12-28-20(18)27-11-13-6-8-25-19-17(13)7-9-26-19/h2-10,12,30H,11H2,1H3,(H,25,26)(H,27,28)(H,29,31). The van der Waals surface area contributed by atoms with E-state index in [4.69, 9.17) is 0 Å². The van der Waals surface area contributed by atoms with Crippen LogP contribution in [0.2, 0.25) is 0 Å². The molecule has 4 N–H and O–H groups in total.